The number of rotatable bonds is 3. The van der Waals surface area contributed by atoms with Crippen molar-refractivity contribution in [3.63, 3.8) is 0 Å². The molecule has 1 unspecified atom stereocenters. The second-order valence-corrected chi connectivity index (χ2v) is 2.98. The smallest absolute Gasteiger partial charge is 0.320 e. The molecule has 6 heteroatoms. The standard InChI is InChI=1S/C9H8F3NO2/c10-5-2-1-4(7(11)8(5)12)3-6(13)9(14)15/h1-2,6H,3,13H2,(H,14,15). The molecule has 1 rings (SSSR count). The molecule has 0 aliphatic carbocycles. The van der Waals surface area contributed by atoms with E-state index in [4.69, 9.17) is 10.8 Å². The van der Waals surface area contributed by atoms with Crippen LogP contribution in [0, 0.1) is 17.5 Å². The van der Waals surface area contributed by atoms with Gasteiger partial charge in [0.1, 0.15) is 6.04 Å². The number of halogens is 3. The van der Waals surface area contributed by atoms with Crippen LogP contribution in [0.4, 0.5) is 13.2 Å². The van der Waals surface area contributed by atoms with E-state index in [0.717, 1.165) is 12.1 Å². The maximum atomic E-state index is 13.0. The number of benzene rings is 1. The molecule has 1 atom stereocenters. The van der Waals surface area contributed by atoms with E-state index in [1.807, 2.05) is 0 Å². The molecule has 0 fully saturated rings. The summed E-state index contributed by atoms with van der Waals surface area (Å²) in [6.45, 7) is 0. The molecule has 0 aromatic heterocycles. The van der Waals surface area contributed by atoms with Crippen LogP contribution in [-0.4, -0.2) is 17.1 Å². The zero-order valence-electron chi connectivity index (χ0n) is 7.51. The Balaban J connectivity index is 2.97. The minimum Gasteiger partial charge on any atom is -0.480 e. The molecular weight excluding hydrogens is 211 g/mol. The Morgan fingerprint density at radius 1 is 1.33 bits per heavy atom. The first-order valence-electron chi connectivity index (χ1n) is 4.04. The van der Waals surface area contributed by atoms with Crippen molar-refractivity contribution >= 4 is 5.97 Å². The first-order chi connectivity index (χ1) is 6.93. The summed E-state index contributed by atoms with van der Waals surface area (Å²) in [5.41, 5.74) is 4.86. The summed E-state index contributed by atoms with van der Waals surface area (Å²) in [7, 11) is 0. The summed E-state index contributed by atoms with van der Waals surface area (Å²) in [6, 6.07) is 0.350. The molecule has 0 aliphatic rings. The lowest BCUT2D eigenvalue weighted by Crippen LogP contribution is -2.32. The number of carboxylic acid groups (broad SMARTS) is 1. The Kier molecular flexibility index (Phi) is 3.31. The molecule has 0 amide bonds. The van der Waals surface area contributed by atoms with Crippen LogP contribution in [0.2, 0.25) is 0 Å². The van der Waals surface area contributed by atoms with E-state index in [2.05, 4.69) is 0 Å². The predicted octanol–water partition coefficient (Wildman–Crippen LogP) is 1.06. The molecule has 15 heavy (non-hydrogen) atoms. The van der Waals surface area contributed by atoms with Gasteiger partial charge in [-0.2, -0.15) is 0 Å². The van der Waals surface area contributed by atoms with Crippen molar-refractivity contribution in [2.45, 2.75) is 12.5 Å². The lowest BCUT2D eigenvalue weighted by atomic mass is 10.1. The third kappa shape index (κ3) is 2.47. The average molecular weight is 219 g/mol. The van der Waals surface area contributed by atoms with E-state index < -0.39 is 35.9 Å². The largest absolute Gasteiger partial charge is 0.480 e. The average Bonchev–Trinajstić information content (AvgIpc) is 2.18. The van der Waals surface area contributed by atoms with E-state index in [1.165, 1.54) is 0 Å². The van der Waals surface area contributed by atoms with Crippen molar-refractivity contribution in [2.75, 3.05) is 0 Å². The second-order valence-electron chi connectivity index (χ2n) is 2.98. The SMILES string of the molecule is NC(Cc1ccc(F)c(F)c1F)C(=O)O. The fourth-order valence-corrected chi connectivity index (χ4v) is 1.05. The minimum atomic E-state index is -1.62. The monoisotopic (exact) mass is 219 g/mol. The van der Waals surface area contributed by atoms with E-state index in [1.54, 1.807) is 0 Å². The van der Waals surface area contributed by atoms with E-state index >= 15 is 0 Å². The number of nitrogens with two attached hydrogens (primary N) is 1. The number of carboxylic acids is 1. The summed E-state index contributed by atoms with van der Waals surface area (Å²) < 4.78 is 38.2. The van der Waals surface area contributed by atoms with Crippen LogP contribution in [-0.2, 0) is 11.2 Å². The molecule has 0 saturated carbocycles. The Bertz CT molecular complexity index is 395. The van der Waals surface area contributed by atoms with Crippen LogP contribution in [0.25, 0.3) is 0 Å². The summed E-state index contributed by atoms with van der Waals surface area (Å²) in [4.78, 5) is 10.4. The zero-order valence-corrected chi connectivity index (χ0v) is 7.51. The van der Waals surface area contributed by atoms with E-state index in [9.17, 15) is 18.0 Å². The van der Waals surface area contributed by atoms with Gasteiger partial charge in [0.05, 0.1) is 0 Å². The van der Waals surface area contributed by atoms with Crippen LogP contribution in [0.3, 0.4) is 0 Å². The van der Waals surface area contributed by atoms with Crippen LogP contribution >= 0.6 is 0 Å². The lowest BCUT2D eigenvalue weighted by Gasteiger charge is -2.07. The molecule has 0 aliphatic heterocycles. The van der Waals surface area contributed by atoms with Crippen LogP contribution < -0.4 is 5.73 Å². The molecule has 0 saturated heterocycles. The van der Waals surface area contributed by atoms with Crippen LogP contribution in [0.5, 0.6) is 0 Å². The van der Waals surface area contributed by atoms with Gasteiger partial charge in [0.2, 0.25) is 0 Å². The summed E-state index contributed by atoms with van der Waals surface area (Å²) in [5, 5.41) is 8.44. The van der Waals surface area contributed by atoms with Gasteiger partial charge in [0, 0.05) is 6.42 Å². The van der Waals surface area contributed by atoms with E-state index in [-0.39, 0.29) is 5.56 Å². The highest BCUT2D eigenvalue weighted by Crippen LogP contribution is 2.16. The quantitative estimate of drug-likeness (QED) is 0.747. The molecule has 3 nitrogen and oxygen atoms in total. The highest BCUT2D eigenvalue weighted by molar-refractivity contribution is 5.73. The van der Waals surface area contributed by atoms with Gasteiger partial charge in [0.25, 0.3) is 0 Å². The molecule has 3 N–H and O–H groups in total. The van der Waals surface area contributed by atoms with Gasteiger partial charge < -0.3 is 10.8 Å². The van der Waals surface area contributed by atoms with Gasteiger partial charge in [-0.3, -0.25) is 4.79 Å². The number of hydrogen-bond donors (Lipinski definition) is 2. The Hall–Kier alpha value is -1.56. The molecule has 0 bridgehead atoms. The number of aliphatic carboxylic acids is 1. The highest BCUT2D eigenvalue weighted by atomic mass is 19.2. The number of hydrogen-bond acceptors (Lipinski definition) is 2. The van der Waals surface area contributed by atoms with Gasteiger partial charge in [-0.15, -0.1) is 0 Å². The zero-order chi connectivity index (χ0) is 11.6. The van der Waals surface area contributed by atoms with Crippen molar-refractivity contribution in [3.05, 3.63) is 35.1 Å². The Labute approximate surface area is 83.3 Å². The van der Waals surface area contributed by atoms with Crippen molar-refractivity contribution < 1.29 is 23.1 Å². The number of carbonyl (C=O) groups is 1. The normalized spacial score (nSPS) is 12.5. The first-order valence-corrected chi connectivity index (χ1v) is 4.04. The van der Waals surface area contributed by atoms with Gasteiger partial charge >= 0.3 is 5.97 Å². The van der Waals surface area contributed by atoms with Crippen molar-refractivity contribution in [1.29, 1.82) is 0 Å². The molecular formula is C9H8F3NO2. The summed E-state index contributed by atoms with van der Waals surface area (Å²) in [5.74, 6) is -5.67. The summed E-state index contributed by atoms with van der Waals surface area (Å²) in [6.07, 6.45) is -0.391. The summed E-state index contributed by atoms with van der Waals surface area (Å²) >= 11 is 0. The van der Waals surface area contributed by atoms with Gasteiger partial charge in [0.15, 0.2) is 17.5 Å². The fourth-order valence-electron chi connectivity index (χ4n) is 1.05. The predicted molar refractivity (Wildman–Crippen MR) is 45.6 cm³/mol. The maximum absolute atomic E-state index is 13.0. The highest BCUT2D eigenvalue weighted by Gasteiger charge is 2.18. The fraction of sp³-hybridized carbons (Fsp3) is 0.222. The second kappa shape index (κ2) is 4.31. The molecule has 1 aromatic rings. The van der Waals surface area contributed by atoms with Crippen molar-refractivity contribution in [3.8, 4) is 0 Å². The Morgan fingerprint density at radius 2 is 1.93 bits per heavy atom. The molecule has 82 valence electrons. The first kappa shape index (κ1) is 11.5. The van der Waals surface area contributed by atoms with Crippen LogP contribution in [0.15, 0.2) is 12.1 Å². The Morgan fingerprint density at radius 3 is 2.47 bits per heavy atom. The van der Waals surface area contributed by atoms with Crippen molar-refractivity contribution in [1.82, 2.24) is 0 Å². The van der Waals surface area contributed by atoms with Gasteiger partial charge in [-0.25, -0.2) is 13.2 Å². The van der Waals surface area contributed by atoms with Crippen LogP contribution in [0.1, 0.15) is 5.56 Å². The molecule has 0 heterocycles. The van der Waals surface area contributed by atoms with E-state index in [0.29, 0.717) is 0 Å². The lowest BCUT2D eigenvalue weighted by molar-refractivity contribution is -0.138. The molecule has 0 radical (unpaired) electrons. The minimum absolute atomic E-state index is 0.260. The maximum Gasteiger partial charge on any atom is 0.320 e. The topological polar surface area (TPSA) is 63.3 Å². The van der Waals surface area contributed by atoms with Gasteiger partial charge in [-0.1, -0.05) is 6.07 Å². The van der Waals surface area contributed by atoms with Crippen molar-refractivity contribution in [2.24, 2.45) is 5.73 Å². The third-order valence-corrected chi connectivity index (χ3v) is 1.87. The molecule has 1 aromatic carbocycles. The molecule has 0 spiro atoms. The third-order valence-electron chi connectivity index (χ3n) is 1.87. The van der Waals surface area contributed by atoms with Gasteiger partial charge in [-0.05, 0) is 11.6 Å².